The number of nitrogens with zero attached hydrogens (tertiary/aromatic N) is 1. The van der Waals surface area contributed by atoms with Gasteiger partial charge < -0.3 is 15.7 Å². The molecular weight excluding hydrogens is 246 g/mol. The van der Waals surface area contributed by atoms with Crippen molar-refractivity contribution in [3.8, 4) is 0 Å². The average Bonchev–Trinajstić information content (AvgIpc) is 2.28. The highest BCUT2D eigenvalue weighted by molar-refractivity contribution is 6.39. The molecule has 6 nitrogen and oxygen atoms in total. The van der Waals surface area contributed by atoms with Crippen LogP contribution in [0.1, 0.15) is 6.92 Å². The lowest BCUT2D eigenvalue weighted by molar-refractivity contribution is -0.136. The molecule has 92 valence electrons. The molecule has 1 rings (SSSR count). The van der Waals surface area contributed by atoms with Crippen LogP contribution in [0.4, 0.5) is 5.82 Å². The molecular formula is C10H12ClN3O3. The van der Waals surface area contributed by atoms with E-state index < -0.39 is 17.9 Å². The number of aliphatic hydroxyl groups is 1. The summed E-state index contributed by atoms with van der Waals surface area (Å²) in [5, 5.41) is 13.9. The van der Waals surface area contributed by atoms with Crippen LogP contribution in [-0.4, -0.2) is 34.6 Å². The highest BCUT2D eigenvalue weighted by Gasteiger charge is 2.14. The van der Waals surface area contributed by atoms with Crippen molar-refractivity contribution in [1.82, 2.24) is 10.3 Å². The minimum Gasteiger partial charge on any atom is -0.392 e. The van der Waals surface area contributed by atoms with Gasteiger partial charge in [0.05, 0.1) is 11.1 Å². The molecule has 0 saturated carbocycles. The van der Waals surface area contributed by atoms with Crippen LogP contribution in [0.3, 0.4) is 0 Å². The SMILES string of the molecule is C[C@@H](O)CNC(=O)C(=O)Nc1ccc(Cl)cn1. The van der Waals surface area contributed by atoms with E-state index in [4.69, 9.17) is 16.7 Å². The van der Waals surface area contributed by atoms with Crippen molar-refractivity contribution in [1.29, 1.82) is 0 Å². The van der Waals surface area contributed by atoms with Crippen molar-refractivity contribution in [2.24, 2.45) is 0 Å². The average molecular weight is 258 g/mol. The zero-order chi connectivity index (χ0) is 12.8. The van der Waals surface area contributed by atoms with Gasteiger partial charge in [-0.15, -0.1) is 0 Å². The van der Waals surface area contributed by atoms with Gasteiger partial charge in [0.25, 0.3) is 0 Å². The predicted octanol–water partition coefficient (Wildman–Crippen LogP) is 0.170. The molecule has 0 aliphatic heterocycles. The molecule has 3 N–H and O–H groups in total. The number of anilines is 1. The molecule has 0 bridgehead atoms. The molecule has 17 heavy (non-hydrogen) atoms. The summed E-state index contributed by atoms with van der Waals surface area (Å²) in [5.74, 6) is -1.45. The number of nitrogens with one attached hydrogen (secondary N) is 2. The molecule has 7 heteroatoms. The fraction of sp³-hybridized carbons (Fsp3) is 0.300. The fourth-order valence-corrected chi connectivity index (χ4v) is 1.06. The minimum absolute atomic E-state index is 0.0142. The monoisotopic (exact) mass is 257 g/mol. The van der Waals surface area contributed by atoms with Crippen molar-refractivity contribution in [2.45, 2.75) is 13.0 Å². The summed E-state index contributed by atoms with van der Waals surface area (Å²) in [5.41, 5.74) is 0. The Bertz CT molecular complexity index is 406. The van der Waals surface area contributed by atoms with Crippen molar-refractivity contribution < 1.29 is 14.7 Å². The Morgan fingerprint density at radius 3 is 2.71 bits per heavy atom. The predicted molar refractivity (Wildman–Crippen MR) is 62.6 cm³/mol. The van der Waals surface area contributed by atoms with E-state index in [1.54, 1.807) is 0 Å². The van der Waals surface area contributed by atoms with E-state index in [9.17, 15) is 9.59 Å². The topological polar surface area (TPSA) is 91.3 Å². The molecule has 0 spiro atoms. The first-order chi connectivity index (χ1) is 7.99. The number of aliphatic hydroxyl groups excluding tert-OH is 1. The summed E-state index contributed by atoms with van der Waals surface area (Å²) in [6.45, 7) is 1.51. The third kappa shape index (κ3) is 4.80. The maximum absolute atomic E-state index is 11.3. The Kier molecular flexibility index (Phi) is 4.86. The molecule has 0 unspecified atom stereocenters. The van der Waals surface area contributed by atoms with E-state index >= 15 is 0 Å². The standard InChI is InChI=1S/C10H12ClN3O3/c1-6(15)4-13-9(16)10(17)14-8-3-2-7(11)5-12-8/h2-3,5-6,15H,4H2,1H3,(H,13,16)(H,12,14,17)/t6-/m1/s1. The molecule has 1 heterocycles. The highest BCUT2D eigenvalue weighted by atomic mass is 35.5. The Hall–Kier alpha value is -1.66. The number of carbonyl (C=O) groups excluding carboxylic acids is 2. The van der Waals surface area contributed by atoms with E-state index in [1.807, 2.05) is 0 Å². The first-order valence-electron chi connectivity index (χ1n) is 4.88. The zero-order valence-corrected chi connectivity index (χ0v) is 9.86. The van der Waals surface area contributed by atoms with Gasteiger partial charge >= 0.3 is 11.8 Å². The maximum atomic E-state index is 11.3. The summed E-state index contributed by atoms with van der Waals surface area (Å²) in [7, 11) is 0. The lowest BCUT2D eigenvalue weighted by atomic mass is 10.4. The number of hydrogen-bond donors (Lipinski definition) is 3. The Labute approximate surface area is 103 Å². The van der Waals surface area contributed by atoms with E-state index in [1.165, 1.54) is 25.3 Å². The molecule has 0 aromatic carbocycles. The van der Waals surface area contributed by atoms with Crippen LogP contribution in [-0.2, 0) is 9.59 Å². The number of hydrogen-bond acceptors (Lipinski definition) is 4. The zero-order valence-electron chi connectivity index (χ0n) is 9.11. The second-order valence-corrected chi connectivity index (χ2v) is 3.81. The van der Waals surface area contributed by atoms with E-state index in [2.05, 4.69) is 15.6 Å². The van der Waals surface area contributed by atoms with Gasteiger partial charge in [-0.3, -0.25) is 9.59 Å². The van der Waals surface area contributed by atoms with Crippen LogP contribution >= 0.6 is 11.6 Å². The highest BCUT2D eigenvalue weighted by Crippen LogP contribution is 2.09. The Morgan fingerprint density at radius 2 is 2.18 bits per heavy atom. The second-order valence-electron chi connectivity index (χ2n) is 3.37. The third-order valence-electron chi connectivity index (χ3n) is 1.73. The number of aromatic nitrogens is 1. The number of halogens is 1. The lowest BCUT2D eigenvalue weighted by Crippen LogP contribution is -2.38. The molecule has 0 aliphatic rings. The Morgan fingerprint density at radius 1 is 1.47 bits per heavy atom. The van der Waals surface area contributed by atoms with Crippen LogP contribution in [0.2, 0.25) is 5.02 Å². The van der Waals surface area contributed by atoms with Gasteiger partial charge in [0.1, 0.15) is 5.82 Å². The maximum Gasteiger partial charge on any atom is 0.314 e. The molecule has 1 aromatic rings. The normalized spacial score (nSPS) is 11.7. The molecule has 0 saturated heterocycles. The van der Waals surface area contributed by atoms with E-state index in [0.717, 1.165) is 0 Å². The molecule has 0 aliphatic carbocycles. The van der Waals surface area contributed by atoms with Crippen LogP contribution < -0.4 is 10.6 Å². The van der Waals surface area contributed by atoms with Gasteiger partial charge in [-0.25, -0.2) is 4.98 Å². The van der Waals surface area contributed by atoms with Crippen LogP contribution in [0.25, 0.3) is 0 Å². The summed E-state index contributed by atoms with van der Waals surface area (Å²) in [6.07, 6.45) is 0.644. The van der Waals surface area contributed by atoms with Crippen molar-refractivity contribution >= 4 is 29.2 Å². The third-order valence-corrected chi connectivity index (χ3v) is 1.96. The van der Waals surface area contributed by atoms with Crippen molar-refractivity contribution in [3.05, 3.63) is 23.4 Å². The summed E-state index contributed by atoms with van der Waals surface area (Å²) in [4.78, 5) is 26.4. The van der Waals surface area contributed by atoms with Gasteiger partial charge in [-0.05, 0) is 19.1 Å². The molecule has 1 atom stereocenters. The van der Waals surface area contributed by atoms with Gasteiger partial charge in [0, 0.05) is 12.7 Å². The van der Waals surface area contributed by atoms with E-state index in [-0.39, 0.29) is 12.4 Å². The van der Waals surface area contributed by atoms with Crippen LogP contribution in [0.5, 0.6) is 0 Å². The fourth-order valence-electron chi connectivity index (χ4n) is 0.944. The smallest absolute Gasteiger partial charge is 0.314 e. The Balaban J connectivity index is 2.48. The number of rotatable bonds is 3. The molecule has 0 fully saturated rings. The van der Waals surface area contributed by atoms with Crippen molar-refractivity contribution in [2.75, 3.05) is 11.9 Å². The molecule has 1 aromatic heterocycles. The first kappa shape index (κ1) is 13.4. The van der Waals surface area contributed by atoms with Crippen LogP contribution in [0.15, 0.2) is 18.3 Å². The number of pyridine rings is 1. The summed E-state index contributed by atoms with van der Waals surface area (Å²) in [6, 6.07) is 3.01. The second kappa shape index (κ2) is 6.17. The summed E-state index contributed by atoms with van der Waals surface area (Å²) < 4.78 is 0. The molecule has 0 radical (unpaired) electrons. The van der Waals surface area contributed by atoms with Gasteiger partial charge in [-0.2, -0.15) is 0 Å². The lowest BCUT2D eigenvalue weighted by Gasteiger charge is -2.07. The van der Waals surface area contributed by atoms with E-state index in [0.29, 0.717) is 5.02 Å². The number of carbonyl (C=O) groups is 2. The van der Waals surface area contributed by atoms with Crippen LogP contribution in [0, 0.1) is 0 Å². The van der Waals surface area contributed by atoms with Gasteiger partial charge in [0.15, 0.2) is 0 Å². The minimum atomic E-state index is -0.847. The van der Waals surface area contributed by atoms with Gasteiger partial charge in [-0.1, -0.05) is 11.6 Å². The first-order valence-corrected chi connectivity index (χ1v) is 5.25. The quantitative estimate of drug-likeness (QED) is 0.673. The summed E-state index contributed by atoms with van der Waals surface area (Å²) >= 11 is 5.61. The largest absolute Gasteiger partial charge is 0.392 e. The van der Waals surface area contributed by atoms with Crippen molar-refractivity contribution in [3.63, 3.8) is 0 Å². The van der Waals surface area contributed by atoms with Gasteiger partial charge in [0.2, 0.25) is 0 Å². The number of amides is 2. The molecule has 2 amide bonds.